The van der Waals surface area contributed by atoms with Crippen molar-refractivity contribution in [3.8, 4) is 11.5 Å². The van der Waals surface area contributed by atoms with Crippen LogP contribution in [0, 0.1) is 0 Å². The number of hydrogen-bond donors (Lipinski definition) is 1. The lowest BCUT2D eigenvalue weighted by Crippen LogP contribution is -2.36. The topological polar surface area (TPSA) is 60.0 Å². The molecule has 1 amide bonds. The van der Waals surface area contributed by atoms with E-state index in [1.54, 1.807) is 19.9 Å². The number of rotatable bonds is 6. The molecular weight excluding hydrogens is 341 g/mol. The van der Waals surface area contributed by atoms with Crippen LogP contribution >= 0.6 is 0 Å². The zero-order chi connectivity index (χ0) is 18.4. The molecule has 0 aromatic heterocycles. The van der Waals surface area contributed by atoms with Crippen molar-refractivity contribution in [2.75, 3.05) is 49.7 Å². The molecule has 6 nitrogen and oxygen atoms in total. The van der Waals surface area contributed by atoms with Gasteiger partial charge in [0.25, 0.3) is 0 Å². The first-order valence-electron chi connectivity index (χ1n) is 8.01. The molecule has 0 bridgehead atoms. The van der Waals surface area contributed by atoms with Crippen LogP contribution in [-0.4, -0.2) is 51.6 Å². The van der Waals surface area contributed by atoms with Crippen LogP contribution < -0.4 is 19.7 Å². The van der Waals surface area contributed by atoms with E-state index in [-0.39, 0.29) is 18.0 Å². The molecule has 1 aliphatic heterocycles. The fraction of sp³-hybridized carbons (Fsp3) is 0.562. The Hall–Kier alpha value is -2.16. The van der Waals surface area contributed by atoms with Crippen molar-refractivity contribution in [2.45, 2.75) is 20.0 Å². The summed E-state index contributed by atoms with van der Waals surface area (Å²) in [6, 6.07) is 2.95. The van der Waals surface area contributed by atoms with Crippen molar-refractivity contribution in [3.63, 3.8) is 0 Å². The van der Waals surface area contributed by atoms with Gasteiger partial charge in [-0.1, -0.05) is 0 Å². The molecule has 1 fully saturated rings. The number of nitrogens with zero attached hydrogens (tertiary/aromatic N) is 1. The van der Waals surface area contributed by atoms with Crippen LogP contribution in [0.1, 0.15) is 13.8 Å². The minimum Gasteiger partial charge on any atom is -0.492 e. The maximum Gasteiger partial charge on any atom is 0.471 e. The van der Waals surface area contributed by atoms with Gasteiger partial charge in [0.05, 0.1) is 37.8 Å². The lowest BCUT2D eigenvalue weighted by molar-refractivity contribution is -0.167. The number of amides is 1. The third-order valence-electron chi connectivity index (χ3n) is 3.52. The van der Waals surface area contributed by atoms with Gasteiger partial charge in [-0.3, -0.25) is 4.79 Å². The summed E-state index contributed by atoms with van der Waals surface area (Å²) in [5.74, 6) is -1.52. The third kappa shape index (κ3) is 4.91. The Bertz CT molecular complexity index is 602. The van der Waals surface area contributed by atoms with Gasteiger partial charge in [0, 0.05) is 25.2 Å². The van der Waals surface area contributed by atoms with E-state index >= 15 is 0 Å². The van der Waals surface area contributed by atoms with E-state index in [1.807, 2.05) is 10.2 Å². The molecule has 0 radical (unpaired) electrons. The van der Waals surface area contributed by atoms with Crippen molar-refractivity contribution in [1.29, 1.82) is 0 Å². The molecule has 1 aromatic carbocycles. The molecular formula is C16H21F3N2O4. The first kappa shape index (κ1) is 19.2. The molecule has 1 heterocycles. The van der Waals surface area contributed by atoms with E-state index in [4.69, 9.17) is 14.2 Å². The molecule has 2 rings (SSSR count). The highest BCUT2D eigenvalue weighted by molar-refractivity contribution is 5.97. The molecule has 140 valence electrons. The zero-order valence-corrected chi connectivity index (χ0v) is 14.1. The molecule has 0 saturated carbocycles. The van der Waals surface area contributed by atoms with Crippen LogP contribution in [0.15, 0.2) is 12.1 Å². The largest absolute Gasteiger partial charge is 0.492 e. The third-order valence-corrected chi connectivity index (χ3v) is 3.52. The predicted octanol–water partition coefficient (Wildman–Crippen LogP) is 2.82. The van der Waals surface area contributed by atoms with Crippen molar-refractivity contribution in [2.24, 2.45) is 0 Å². The highest BCUT2D eigenvalue weighted by Crippen LogP contribution is 2.39. The number of anilines is 2. The normalized spacial score (nSPS) is 15.0. The van der Waals surface area contributed by atoms with E-state index in [2.05, 4.69) is 0 Å². The van der Waals surface area contributed by atoms with Crippen molar-refractivity contribution in [3.05, 3.63) is 12.1 Å². The Morgan fingerprint density at radius 2 is 1.76 bits per heavy atom. The van der Waals surface area contributed by atoms with Crippen LogP contribution in [0.2, 0.25) is 0 Å². The van der Waals surface area contributed by atoms with Gasteiger partial charge in [-0.2, -0.15) is 13.2 Å². The maximum atomic E-state index is 12.6. The first-order chi connectivity index (χ1) is 11.9. The van der Waals surface area contributed by atoms with Gasteiger partial charge in [-0.25, -0.2) is 0 Å². The minimum atomic E-state index is -4.99. The summed E-state index contributed by atoms with van der Waals surface area (Å²) in [6.45, 7) is 6.39. The number of alkyl halides is 3. The number of nitrogens with one attached hydrogen (secondary N) is 1. The Kier molecular flexibility index (Phi) is 6.35. The SMILES string of the molecule is CCOc1cc(N2CCOCC2)c(OCC)cc1NC(=O)C(F)(F)F. The van der Waals surface area contributed by atoms with Crippen LogP contribution in [-0.2, 0) is 9.53 Å². The molecule has 0 spiro atoms. The van der Waals surface area contributed by atoms with Crippen molar-refractivity contribution < 1.29 is 32.2 Å². The van der Waals surface area contributed by atoms with Gasteiger partial charge in [0.15, 0.2) is 0 Å². The number of hydrogen-bond acceptors (Lipinski definition) is 5. The predicted molar refractivity (Wildman–Crippen MR) is 86.5 cm³/mol. The van der Waals surface area contributed by atoms with E-state index < -0.39 is 12.1 Å². The van der Waals surface area contributed by atoms with Crippen molar-refractivity contribution >= 4 is 17.3 Å². The standard InChI is InChI=1S/C16H21F3N2O4/c1-3-24-13-10-12(21-5-7-23-8-6-21)14(25-4-2)9-11(13)20-15(22)16(17,18)19/h9-10H,3-8H2,1-2H3,(H,20,22). The molecule has 1 aliphatic rings. The fourth-order valence-corrected chi connectivity index (χ4v) is 2.44. The summed E-state index contributed by atoms with van der Waals surface area (Å²) >= 11 is 0. The average Bonchev–Trinajstić information content (AvgIpc) is 2.57. The Morgan fingerprint density at radius 1 is 1.16 bits per heavy atom. The van der Waals surface area contributed by atoms with Gasteiger partial charge >= 0.3 is 12.1 Å². The minimum absolute atomic E-state index is 0.0790. The van der Waals surface area contributed by atoms with Crippen LogP contribution in [0.25, 0.3) is 0 Å². The Balaban J connectivity index is 2.40. The molecule has 0 atom stereocenters. The molecule has 1 N–H and O–H groups in total. The van der Waals surface area contributed by atoms with E-state index in [0.29, 0.717) is 44.3 Å². The van der Waals surface area contributed by atoms with Gasteiger partial charge in [0.1, 0.15) is 11.5 Å². The summed E-state index contributed by atoms with van der Waals surface area (Å²) in [7, 11) is 0. The van der Waals surface area contributed by atoms with Gasteiger partial charge in [-0.15, -0.1) is 0 Å². The Morgan fingerprint density at radius 3 is 2.32 bits per heavy atom. The molecule has 1 saturated heterocycles. The van der Waals surface area contributed by atoms with Gasteiger partial charge in [0.2, 0.25) is 0 Å². The maximum absolute atomic E-state index is 12.6. The first-order valence-corrected chi connectivity index (χ1v) is 8.01. The quantitative estimate of drug-likeness (QED) is 0.843. The summed E-state index contributed by atoms with van der Waals surface area (Å²) in [5.41, 5.74) is 0.614. The zero-order valence-electron chi connectivity index (χ0n) is 14.1. The number of ether oxygens (including phenoxy) is 3. The highest BCUT2D eigenvalue weighted by Gasteiger charge is 2.39. The average molecular weight is 362 g/mol. The summed E-state index contributed by atoms with van der Waals surface area (Å²) in [6.07, 6.45) is -4.99. The number of benzene rings is 1. The second kappa shape index (κ2) is 8.28. The van der Waals surface area contributed by atoms with Gasteiger partial charge < -0.3 is 24.4 Å². The summed E-state index contributed by atoms with van der Waals surface area (Å²) < 4.78 is 54.0. The monoisotopic (exact) mass is 362 g/mol. The second-order valence-corrected chi connectivity index (χ2v) is 5.23. The highest BCUT2D eigenvalue weighted by atomic mass is 19.4. The van der Waals surface area contributed by atoms with Crippen LogP contribution in [0.4, 0.5) is 24.5 Å². The smallest absolute Gasteiger partial charge is 0.471 e. The lowest BCUT2D eigenvalue weighted by atomic mass is 10.2. The summed E-state index contributed by atoms with van der Waals surface area (Å²) in [5, 5.41) is 1.85. The van der Waals surface area contributed by atoms with E-state index in [1.165, 1.54) is 6.07 Å². The number of carbonyl (C=O) groups is 1. The number of carbonyl (C=O) groups excluding carboxylic acids is 1. The van der Waals surface area contributed by atoms with Gasteiger partial charge in [-0.05, 0) is 13.8 Å². The van der Waals surface area contributed by atoms with Crippen LogP contribution in [0.3, 0.4) is 0 Å². The van der Waals surface area contributed by atoms with E-state index in [0.717, 1.165) is 0 Å². The van der Waals surface area contributed by atoms with Crippen LogP contribution in [0.5, 0.6) is 11.5 Å². The number of morpholine rings is 1. The summed E-state index contributed by atoms with van der Waals surface area (Å²) in [4.78, 5) is 13.3. The van der Waals surface area contributed by atoms with Crippen molar-refractivity contribution in [1.82, 2.24) is 0 Å². The number of halogens is 3. The second-order valence-electron chi connectivity index (χ2n) is 5.23. The molecule has 25 heavy (non-hydrogen) atoms. The molecule has 9 heteroatoms. The molecule has 0 aliphatic carbocycles. The Labute approximate surface area is 143 Å². The van der Waals surface area contributed by atoms with E-state index in [9.17, 15) is 18.0 Å². The lowest BCUT2D eigenvalue weighted by Gasteiger charge is -2.31. The molecule has 0 unspecified atom stereocenters. The fourth-order valence-electron chi connectivity index (χ4n) is 2.44. The molecule has 1 aromatic rings.